The molecule has 2 N–H and O–H groups in total. The largest absolute Gasteiger partial charge is 0.454 e. The Morgan fingerprint density at radius 1 is 1.35 bits per heavy atom. The minimum Gasteiger partial charge on any atom is -0.454 e. The van der Waals surface area contributed by atoms with Crippen molar-refractivity contribution >= 4 is 17.8 Å². The Balaban J connectivity index is 1.95. The molecule has 23 heavy (non-hydrogen) atoms. The zero-order valence-electron chi connectivity index (χ0n) is 13.0. The van der Waals surface area contributed by atoms with E-state index in [0.717, 1.165) is 4.90 Å². The highest BCUT2D eigenvalue weighted by molar-refractivity contribution is 6.09. The summed E-state index contributed by atoms with van der Waals surface area (Å²) in [5.74, 6) is 0.203. The standard InChI is InChI=1S/C15H17N3O5/c1-8(12(19)16-3)18-13(20)15(2,17-14(18)21)9-4-5-10-11(6-9)23-7-22-10/h4-6,8H,7H2,1-3H3,(H,16,19)(H,17,21). The van der Waals surface area contributed by atoms with E-state index in [1.54, 1.807) is 25.1 Å². The number of urea groups is 1. The summed E-state index contributed by atoms with van der Waals surface area (Å²) in [7, 11) is 1.45. The Morgan fingerprint density at radius 2 is 2.04 bits per heavy atom. The van der Waals surface area contributed by atoms with Crippen LogP contribution in [0, 0.1) is 0 Å². The number of rotatable bonds is 3. The molecule has 2 aliphatic rings. The highest BCUT2D eigenvalue weighted by Gasteiger charge is 2.52. The Kier molecular flexibility index (Phi) is 3.39. The maximum absolute atomic E-state index is 12.8. The molecular formula is C15H17N3O5. The number of benzene rings is 1. The van der Waals surface area contributed by atoms with E-state index in [0.29, 0.717) is 17.1 Å². The summed E-state index contributed by atoms with van der Waals surface area (Å²) in [5, 5.41) is 5.09. The van der Waals surface area contributed by atoms with Gasteiger partial charge < -0.3 is 20.1 Å². The first-order valence-corrected chi connectivity index (χ1v) is 7.16. The van der Waals surface area contributed by atoms with Crippen molar-refractivity contribution in [3.05, 3.63) is 23.8 Å². The number of nitrogens with one attached hydrogen (secondary N) is 2. The predicted molar refractivity (Wildman–Crippen MR) is 78.8 cm³/mol. The highest BCUT2D eigenvalue weighted by atomic mass is 16.7. The fraction of sp³-hybridized carbons (Fsp3) is 0.400. The second-order valence-electron chi connectivity index (χ2n) is 5.59. The molecule has 2 aliphatic heterocycles. The van der Waals surface area contributed by atoms with Gasteiger partial charge in [0.2, 0.25) is 12.7 Å². The van der Waals surface area contributed by atoms with Crippen molar-refractivity contribution in [1.82, 2.24) is 15.5 Å². The summed E-state index contributed by atoms with van der Waals surface area (Å²) in [4.78, 5) is 37.7. The molecular weight excluding hydrogens is 302 g/mol. The van der Waals surface area contributed by atoms with Crippen molar-refractivity contribution in [3.63, 3.8) is 0 Å². The van der Waals surface area contributed by atoms with Crippen LogP contribution in [-0.2, 0) is 15.1 Å². The Hall–Kier alpha value is -2.77. The van der Waals surface area contributed by atoms with Gasteiger partial charge in [-0.1, -0.05) is 6.07 Å². The van der Waals surface area contributed by atoms with Crippen LogP contribution in [0.3, 0.4) is 0 Å². The SMILES string of the molecule is CNC(=O)C(C)N1C(=O)NC(C)(c2ccc3c(c2)OCO3)C1=O. The van der Waals surface area contributed by atoms with Gasteiger partial charge in [0.05, 0.1) is 0 Å². The maximum atomic E-state index is 12.8. The molecule has 0 spiro atoms. The van der Waals surface area contributed by atoms with E-state index in [1.807, 2.05) is 0 Å². The van der Waals surface area contributed by atoms with E-state index in [-0.39, 0.29) is 6.79 Å². The van der Waals surface area contributed by atoms with Crippen LogP contribution in [0.2, 0.25) is 0 Å². The Labute approximate surface area is 132 Å². The lowest BCUT2D eigenvalue weighted by molar-refractivity contribution is -0.137. The lowest BCUT2D eigenvalue weighted by Gasteiger charge is -2.24. The summed E-state index contributed by atoms with van der Waals surface area (Å²) < 4.78 is 10.6. The molecule has 1 aromatic carbocycles. The second kappa shape index (κ2) is 5.15. The van der Waals surface area contributed by atoms with Crippen LogP contribution < -0.4 is 20.1 Å². The van der Waals surface area contributed by atoms with Gasteiger partial charge >= 0.3 is 6.03 Å². The minimum absolute atomic E-state index is 0.121. The average molecular weight is 319 g/mol. The van der Waals surface area contributed by atoms with Gasteiger partial charge in [0.15, 0.2) is 11.5 Å². The summed E-state index contributed by atoms with van der Waals surface area (Å²) >= 11 is 0. The smallest absolute Gasteiger partial charge is 0.326 e. The summed E-state index contributed by atoms with van der Waals surface area (Å²) in [6, 6.07) is 3.54. The second-order valence-corrected chi connectivity index (χ2v) is 5.59. The van der Waals surface area contributed by atoms with Crippen molar-refractivity contribution in [1.29, 1.82) is 0 Å². The topological polar surface area (TPSA) is 97.0 Å². The van der Waals surface area contributed by atoms with Gasteiger partial charge in [-0.25, -0.2) is 9.69 Å². The third-order valence-corrected chi connectivity index (χ3v) is 4.19. The minimum atomic E-state index is -1.26. The van der Waals surface area contributed by atoms with Crippen LogP contribution in [0.1, 0.15) is 19.4 Å². The van der Waals surface area contributed by atoms with Crippen molar-refractivity contribution in [2.24, 2.45) is 0 Å². The molecule has 8 nitrogen and oxygen atoms in total. The number of ether oxygens (including phenoxy) is 2. The lowest BCUT2D eigenvalue weighted by atomic mass is 9.91. The van der Waals surface area contributed by atoms with E-state index in [2.05, 4.69) is 10.6 Å². The molecule has 0 aromatic heterocycles. The van der Waals surface area contributed by atoms with Crippen molar-refractivity contribution in [2.75, 3.05) is 13.8 Å². The number of amides is 4. The van der Waals surface area contributed by atoms with Crippen LogP contribution in [0.15, 0.2) is 18.2 Å². The lowest BCUT2D eigenvalue weighted by Crippen LogP contribution is -2.48. The molecule has 2 atom stereocenters. The van der Waals surface area contributed by atoms with Crippen LogP contribution in [0.25, 0.3) is 0 Å². The zero-order chi connectivity index (χ0) is 16.8. The van der Waals surface area contributed by atoms with Crippen LogP contribution in [0.4, 0.5) is 4.79 Å². The van der Waals surface area contributed by atoms with E-state index in [1.165, 1.54) is 14.0 Å². The highest BCUT2D eigenvalue weighted by Crippen LogP contribution is 2.38. The van der Waals surface area contributed by atoms with Gasteiger partial charge in [-0.05, 0) is 31.5 Å². The molecule has 0 aliphatic carbocycles. The third-order valence-electron chi connectivity index (χ3n) is 4.19. The molecule has 4 amide bonds. The molecule has 2 heterocycles. The average Bonchev–Trinajstić information content (AvgIpc) is 3.09. The Morgan fingerprint density at radius 3 is 2.74 bits per heavy atom. The monoisotopic (exact) mass is 319 g/mol. The third kappa shape index (κ3) is 2.18. The number of carbonyl (C=O) groups is 3. The maximum Gasteiger partial charge on any atom is 0.326 e. The number of hydrogen-bond donors (Lipinski definition) is 2. The summed E-state index contributed by atoms with van der Waals surface area (Å²) in [5.41, 5.74) is -0.702. The first-order valence-electron chi connectivity index (χ1n) is 7.16. The molecule has 8 heteroatoms. The van der Waals surface area contributed by atoms with Gasteiger partial charge in [-0.15, -0.1) is 0 Å². The molecule has 0 bridgehead atoms. The number of likely N-dealkylation sites (N-methyl/N-ethyl adjacent to an activating group) is 1. The molecule has 122 valence electrons. The molecule has 1 aromatic rings. The number of fused-ring (bicyclic) bond motifs is 1. The van der Waals surface area contributed by atoms with Gasteiger partial charge in [0, 0.05) is 7.05 Å². The molecule has 1 saturated heterocycles. The zero-order valence-corrected chi connectivity index (χ0v) is 13.0. The molecule has 3 rings (SSSR count). The number of hydrogen-bond acceptors (Lipinski definition) is 5. The van der Waals surface area contributed by atoms with E-state index < -0.39 is 29.4 Å². The number of imide groups is 1. The number of carbonyl (C=O) groups excluding carboxylic acids is 3. The van der Waals surface area contributed by atoms with Crippen molar-refractivity contribution in [2.45, 2.75) is 25.4 Å². The van der Waals surface area contributed by atoms with E-state index in [4.69, 9.17) is 9.47 Å². The quantitative estimate of drug-likeness (QED) is 0.782. The van der Waals surface area contributed by atoms with Crippen LogP contribution >= 0.6 is 0 Å². The first-order chi connectivity index (χ1) is 10.9. The van der Waals surface area contributed by atoms with Crippen molar-refractivity contribution in [3.8, 4) is 11.5 Å². The normalized spacial score (nSPS) is 23.7. The molecule has 1 fully saturated rings. The van der Waals surface area contributed by atoms with Gasteiger partial charge in [0.1, 0.15) is 11.6 Å². The Bertz CT molecular complexity index is 704. The van der Waals surface area contributed by atoms with Crippen LogP contribution in [-0.4, -0.2) is 42.6 Å². The van der Waals surface area contributed by atoms with Gasteiger partial charge in [-0.2, -0.15) is 0 Å². The van der Waals surface area contributed by atoms with Crippen molar-refractivity contribution < 1.29 is 23.9 Å². The van der Waals surface area contributed by atoms with Crippen LogP contribution in [0.5, 0.6) is 11.5 Å². The number of nitrogens with zero attached hydrogens (tertiary/aromatic N) is 1. The van der Waals surface area contributed by atoms with E-state index >= 15 is 0 Å². The molecule has 2 unspecified atom stereocenters. The predicted octanol–water partition coefficient (Wildman–Crippen LogP) is 0.317. The molecule has 0 saturated carbocycles. The fourth-order valence-corrected chi connectivity index (χ4v) is 2.74. The molecule has 0 radical (unpaired) electrons. The van der Waals surface area contributed by atoms with Gasteiger partial charge in [0.25, 0.3) is 5.91 Å². The van der Waals surface area contributed by atoms with E-state index in [9.17, 15) is 14.4 Å². The summed E-state index contributed by atoms with van der Waals surface area (Å²) in [6.45, 7) is 3.22. The fourth-order valence-electron chi connectivity index (χ4n) is 2.74. The first kappa shape index (κ1) is 15.1. The summed E-state index contributed by atoms with van der Waals surface area (Å²) in [6.07, 6.45) is 0. The van der Waals surface area contributed by atoms with Gasteiger partial charge in [-0.3, -0.25) is 9.59 Å².